The largest absolute Gasteiger partial charge is 0.492 e. The highest BCUT2D eigenvalue weighted by Gasteiger charge is 2.11. The smallest absolute Gasteiger partial charge is 0.236 e. The molecule has 106 valence electrons. The molecule has 0 amide bonds. The molecule has 7 nitrogen and oxygen atoms in total. The van der Waals surface area contributed by atoms with Crippen LogP contribution >= 0.6 is 0 Å². The van der Waals surface area contributed by atoms with E-state index in [1.807, 2.05) is 0 Å². The third-order valence-electron chi connectivity index (χ3n) is 2.33. The van der Waals surface area contributed by atoms with E-state index in [0.29, 0.717) is 17.1 Å². The predicted octanol–water partition coefficient (Wildman–Crippen LogP) is 0.879. The maximum atomic E-state index is 11.8. The zero-order valence-electron chi connectivity index (χ0n) is 10.6. The summed E-state index contributed by atoms with van der Waals surface area (Å²) in [7, 11) is -3.49. The second-order valence-corrected chi connectivity index (χ2v) is 5.81. The molecule has 0 unspecified atom stereocenters. The highest BCUT2D eigenvalue weighted by atomic mass is 32.2. The number of hydrogen-bond donors (Lipinski definition) is 2. The van der Waals surface area contributed by atoms with Crippen molar-refractivity contribution in [2.75, 3.05) is 22.8 Å². The Morgan fingerprint density at radius 2 is 1.80 bits per heavy atom. The average Bonchev–Trinajstić information content (AvgIpc) is 2.41. The fourth-order valence-corrected chi connectivity index (χ4v) is 2.29. The van der Waals surface area contributed by atoms with Crippen LogP contribution in [0.4, 0.5) is 11.4 Å². The van der Waals surface area contributed by atoms with E-state index >= 15 is 0 Å². The Balaban J connectivity index is 1.85. The highest BCUT2D eigenvalue weighted by molar-refractivity contribution is 7.92. The minimum atomic E-state index is -3.49. The molecule has 0 aliphatic carbocycles. The first kappa shape index (κ1) is 14.1. The van der Waals surface area contributed by atoms with E-state index in [1.165, 1.54) is 18.7 Å². The molecule has 0 saturated heterocycles. The number of anilines is 2. The number of aromatic nitrogens is 2. The van der Waals surface area contributed by atoms with Crippen LogP contribution in [0.2, 0.25) is 0 Å². The van der Waals surface area contributed by atoms with Crippen molar-refractivity contribution in [1.29, 1.82) is 0 Å². The lowest BCUT2D eigenvalue weighted by molar-refractivity contribution is 0.341. The van der Waals surface area contributed by atoms with Gasteiger partial charge in [0.1, 0.15) is 24.4 Å². The molecule has 8 heteroatoms. The number of nitrogens with two attached hydrogens (primary N) is 1. The van der Waals surface area contributed by atoms with Crippen LogP contribution in [0, 0.1) is 0 Å². The molecule has 0 aliphatic rings. The number of rotatable bonds is 6. The van der Waals surface area contributed by atoms with E-state index in [2.05, 4.69) is 14.7 Å². The van der Waals surface area contributed by atoms with Crippen molar-refractivity contribution in [2.45, 2.75) is 0 Å². The molecule has 20 heavy (non-hydrogen) atoms. The van der Waals surface area contributed by atoms with Crippen molar-refractivity contribution in [1.82, 2.24) is 9.97 Å². The zero-order valence-corrected chi connectivity index (χ0v) is 11.4. The molecule has 0 fully saturated rings. The molecule has 2 rings (SSSR count). The lowest BCUT2D eigenvalue weighted by Gasteiger charge is -2.08. The molecule has 3 N–H and O–H groups in total. The summed E-state index contributed by atoms with van der Waals surface area (Å²) in [6.07, 6.45) is 4.08. The number of nitrogens with one attached hydrogen (secondary N) is 1. The summed E-state index contributed by atoms with van der Waals surface area (Å²) in [5, 5.41) is 0. The molecule has 0 radical (unpaired) electrons. The van der Waals surface area contributed by atoms with Crippen LogP contribution in [0.5, 0.6) is 5.75 Å². The van der Waals surface area contributed by atoms with E-state index in [4.69, 9.17) is 10.5 Å². The number of hydrogen-bond acceptors (Lipinski definition) is 6. The lowest BCUT2D eigenvalue weighted by atomic mass is 10.3. The van der Waals surface area contributed by atoms with Crippen molar-refractivity contribution < 1.29 is 13.2 Å². The van der Waals surface area contributed by atoms with Crippen LogP contribution in [-0.4, -0.2) is 30.7 Å². The Morgan fingerprint density at radius 1 is 1.15 bits per heavy atom. The first-order chi connectivity index (χ1) is 9.55. The normalized spacial score (nSPS) is 11.0. The van der Waals surface area contributed by atoms with Gasteiger partial charge in [0.2, 0.25) is 10.0 Å². The molecule has 0 saturated carbocycles. The average molecular weight is 294 g/mol. The van der Waals surface area contributed by atoms with Gasteiger partial charge in [0.25, 0.3) is 0 Å². The minimum Gasteiger partial charge on any atom is -0.492 e. The SMILES string of the molecule is Nc1ccc(OCCS(=O)(=O)Nc2cncnc2)cc1. The minimum absolute atomic E-state index is 0.0347. The van der Waals surface area contributed by atoms with Gasteiger partial charge in [-0.15, -0.1) is 0 Å². The van der Waals surface area contributed by atoms with Crippen LogP contribution in [0.25, 0.3) is 0 Å². The quantitative estimate of drug-likeness (QED) is 0.766. The monoisotopic (exact) mass is 294 g/mol. The summed E-state index contributed by atoms with van der Waals surface area (Å²) in [5.41, 5.74) is 6.48. The number of nitrogen functional groups attached to an aromatic ring is 1. The third-order valence-corrected chi connectivity index (χ3v) is 3.59. The standard InChI is InChI=1S/C12H14N4O3S/c13-10-1-3-12(4-2-10)19-5-6-20(17,18)16-11-7-14-9-15-8-11/h1-4,7-9,16H,5-6,13H2. The Labute approximate surface area is 116 Å². The summed E-state index contributed by atoms with van der Waals surface area (Å²) in [4.78, 5) is 7.45. The second kappa shape index (κ2) is 6.20. The van der Waals surface area contributed by atoms with Gasteiger partial charge in [-0.3, -0.25) is 4.72 Å². The Kier molecular flexibility index (Phi) is 4.36. The van der Waals surface area contributed by atoms with Crippen molar-refractivity contribution in [3.8, 4) is 5.75 Å². The molecule has 2 aromatic rings. The van der Waals surface area contributed by atoms with Crippen molar-refractivity contribution in [2.24, 2.45) is 0 Å². The molecule has 0 aliphatic heterocycles. The van der Waals surface area contributed by atoms with Gasteiger partial charge >= 0.3 is 0 Å². The Hall–Kier alpha value is -2.35. The summed E-state index contributed by atoms with van der Waals surface area (Å²) < 4.78 is 31.2. The van der Waals surface area contributed by atoms with Crippen molar-refractivity contribution >= 4 is 21.4 Å². The fraction of sp³-hybridized carbons (Fsp3) is 0.167. The topological polar surface area (TPSA) is 107 Å². The predicted molar refractivity (Wildman–Crippen MR) is 75.8 cm³/mol. The van der Waals surface area contributed by atoms with Gasteiger partial charge in [-0.05, 0) is 24.3 Å². The molecule has 0 spiro atoms. The summed E-state index contributed by atoms with van der Waals surface area (Å²) in [6.45, 7) is 0.0347. The van der Waals surface area contributed by atoms with Gasteiger partial charge in [0.15, 0.2) is 0 Å². The first-order valence-electron chi connectivity index (χ1n) is 5.79. The van der Waals surface area contributed by atoms with Crippen LogP contribution < -0.4 is 15.2 Å². The van der Waals surface area contributed by atoms with E-state index in [9.17, 15) is 8.42 Å². The van der Waals surface area contributed by atoms with Gasteiger partial charge in [-0.25, -0.2) is 18.4 Å². The molecule has 1 aromatic carbocycles. The summed E-state index contributed by atoms with van der Waals surface area (Å²) in [6, 6.07) is 6.73. The molecule has 1 aromatic heterocycles. The second-order valence-electron chi connectivity index (χ2n) is 3.97. The molecular weight excluding hydrogens is 280 g/mol. The summed E-state index contributed by atoms with van der Waals surface area (Å²) >= 11 is 0. The van der Waals surface area contributed by atoms with E-state index in [1.54, 1.807) is 24.3 Å². The number of benzene rings is 1. The number of sulfonamides is 1. The fourth-order valence-electron chi connectivity index (χ4n) is 1.42. The van der Waals surface area contributed by atoms with Crippen molar-refractivity contribution in [3.05, 3.63) is 43.0 Å². The Morgan fingerprint density at radius 3 is 2.45 bits per heavy atom. The maximum Gasteiger partial charge on any atom is 0.236 e. The van der Waals surface area contributed by atoms with Gasteiger partial charge in [0.05, 0.1) is 18.1 Å². The van der Waals surface area contributed by atoms with Crippen LogP contribution in [0.15, 0.2) is 43.0 Å². The van der Waals surface area contributed by atoms with Crippen LogP contribution in [0.1, 0.15) is 0 Å². The molecule has 0 bridgehead atoms. The van der Waals surface area contributed by atoms with Gasteiger partial charge in [-0.2, -0.15) is 0 Å². The van der Waals surface area contributed by atoms with Crippen LogP contribution in [0.3, 0.4) is 0 Å². The van der Waals surface area contributed by atoms with Crippen molar-refractivity contribution in [3.63, 3.8) is 0 Å². The Bertz CT molecular complexity index is 644. The maximum absolute atomic E-state index is 11.8. The molecule has 1 heterocycles. The van der Waals surface area contributed by atoms with Gasteiger partial charge in [0, 0.05) is 5.69 Å². The van der Waals surface area contributed by atoms with Gasteiger partial charge < -0.3 is 10.5 Å². The van der Waals surface area contributed by atoms with E-state index < -0.39 is 10.0 Å². The van der Waals surface area contributed by atoms with E-state index in [0.717, 1.165) is 0 Å². The lowest BCUT2D eigenvalue weighted by Crippen LogP contribution is -2.21. The highest BCUT2D eigenvalue weighted by Crippen LogP contribution is 2.13. The molecular formula is C12H14N4O3S. The number of nitrogens with zero attached hydrogens (tertiary/aromatic N) is 2. The first-order valence-corrected chi connectivity index (χ1v) is 7.44. The third kappa shape index (κ3) is 4.39. The molecule has 0 atom stereocenters. The van der Waals surface area contributed by atoms with Crippen LogP contribution in [-0.2, 0) is 10.0 Å². The number of ether oxygens (including phenoxy) is 1. The van der Waals surface area contributed by atoms with E-state index in [-0.39, 0.29) is 12.4 Å². The zero-order chi connectivity index (χ0) is 14.4. The summed E-state index contributed by atoms with van der Waals surface area (Å²) in [5.74, 6) is 0.393. The van der Waals surface area contributed by atoms with Gasteiger partial charge in [-0.1, -0.05) is 0 Å².